The van der Waals surface area contributed by atoms with Crippen molar-refractivity contribution in [3.63, 3.8) is 0 Å². The quantitative estimate of drug-likeness (QED) is 0.819. The first kappa shape index (κ1) is 12.5. The maximum absolute atomic E-state index is 11.5. The second kappa shape index (κ2) is 6.12. The minimum Gasteiger partial charge on any atom is -0.481 e. The zero-order valence-electron chi connectivity index (χ0n) is 8.97. The number of carboxylic acid groups (broad SMARTS) is 1. The molecule has 16 heavy (non-hydrogen) atoms. The summed E-state index contributed by atoms with van der Waals surface area (Å²) in [6.45, 7) is 0.685. The van der Waals surface area contributed by atoms with Crippen LogP contribution >= 0.6 is 11.3 Å². The van der Waals surface area contributed by atoms with E-state index in [1.807, 2.05) is 16.8 Å². The van der Waals surface area contributed by atoms with E-state index >= 15 is 0 Å². The monoisotopic (exact) mass is 242 g/mol. The highest BCUT2D eigenvalue weighted by molar-refractivity contribution is 7.07. The van der Waals surface area contributed by atoms with Crippen LogP contribution in [-0.4, -0.2) is 35.6 Å². The first-order valence-electron chi connectivity index (χ1n) is 4.81. The molecule has 0 radical (unpaired) electrons. The van der Waals surface area contributed by atoms with Crippen LogP contribution in [0.4, 0.5) is 4.79 Å². The predicted octanol–water partition coefficient (Wildman–Crippen LogP) is 1.36. The van der Waals surface area contributed by atoms with E-state index in [2.05, 4.69) is 5.32 Å². The van der Waals surface area contributed by atoms with E-state index in [0.29, 0.717) is 6.54 Å². The molecule has 0 atom stereocenters. The van der Waals surface area contributed by atoms with Gasteiger partial charge < -0.3 is 15.3 Å². The van der Waals surface area contributed by atoms with Gasteiger partial charge in [-0.1, -0.05) is 0 Å². The molecular weight excluding hydrogens is 228 g/mol. The Morgan fingerprint density at radius 2 is 2.31 bits per heavy atom. The Morgan fingerprint density at radius 3 is 2.88 bits per heavy atom. The fourth-order valence-corrected chi connectivity index (χ4v) is 1.74. The van der Waals surface area contributed by atoms with Crippen molar-refractivity contribution >= 4 is 23.3 Å². The Labute approximate surface area is 97.7 Å². The van der Waals surface area contributed by atoms with Crippen LogP contribution < -0.4 is 5.32 Å². The minimum absolute atomic E-state index is 0.0393. The van der Waals surface area contributed by atoms with Crippen LogP contribution in [0, 0.1) is 0 Å². The molecular formula is C10H14N2O3S. The number of nitrogens with zero attached hydrogens (tertiary/aromatic N) is 1. The number of hydrogen-bond donors (Lipinski definition) is 2. The number of hydrogen-bond acceptors (Lipinski definition) is 3. The summed E-state index contributed by atoms with van der Waals surface area (Å²) in [4.78, 5) is 23.2. The Bertz CT molecular complexity index is 351. The van der Waals surface area contributed by atoms with Gasteiger partial charge in [0.1, 0.15) is 0 Å². The van der Waals surface area contributed by atoms with Gasteiger partial charge in [0.2, 0.25) is 0 Å². The van der Waals surface area contributed by atoms with Gasteiger partial charge in [-0.05, 0) is 22.4 Å². The average molecular weight is 242 g/mol. The standard InChI is InChI=1S/C10H14N2O3S/c1-12(4-2-9(13)14)10(15)11-6-8-3-5-16-7-8/h3,5,7H,2,4,6H2,1H3,(H,11,15)(H,13,14). The fourth-order valence-electron chi connectivity index (χ4n) is 1.07. The minimum atomic E-state index is -0.905. The van der Waals surface area contributed by atoms with Crippen LogP contribution in [0.25, 0.3) is 0 Å². The summed E-state index contributed by atoms with van der Waals surface area (Å²) in [5, 5.41) is 15.1. The van der Waals surface area contributed by atoms with Crippen LogP contribution in [0.2, 0.25) is 0 Å². The third-order valence-electron chi connectivity index (χ3n) is 2.03. The van der Waals surface area contributed by atoms with Gasteiger partial charge in [0.05, 0.1) is 6.42 Å². The molecule has 1 aromatic rings. The Morgan fingerprint density at radius 1 is 1.56 bits per heavy atom. The SMILES string of the molecule is CN(CCC(=O)O)C(=O)NCc1ccsc1. The predicted molar refractivity (Wildman–Crippen MR) is 61.4 cm³/mol. The molecule has 5 nitrogen and oxygen atoms in total. The van der Waals surface area contributed by atoms with Crippen LogP contribution in [-0.2, 0) is 11.3 Å². The number of aliphatic carboxylic acids is 1. The number of urea groups is 1. The third kappa shape index (κ3) is 4.31. The van der Waals surface area contributed by atoms with E-state index < -0.39 is 5.97 Å². The van der Waals surface area contributed by atoms with Crippen LogP contribution in [0.3, 0.4) is 0 Å². The average Bonchev–Trinajstić information content (AvgIpc) is 2.75. The summed E-state index contributed by atoms with van der Waals surface area (Å²) in [5.74, 6) is -0.905. The zero-order chi connectivity index (χ0) is 12.0. The van der Waals surface area contributed by atoms with Crippen LogP contribution in [0.1, 0.15) is 12.0 Å². The smallest absolute Gasteiger partial charge is 0.317 e. The highest BCUT2D eigenvalue weighted by atomic mass is 32.1. The summed E-state index contributed by atoms with van der Waals surface area (Å²) in [5.41, 5.74) is 1.05. The number of carbonyl (C=O) groups is 2. The first-order valence-corrected chi connectivity index (χ1v) is 5.75. The molecule has 0 saturated heterocycles. The van der Waals surface area contributed by atoms with Crippen molar-refractivity contribution in [1.29, 1.82) is 0 Å². The van der Waals surface area contributed by atoms with Crippen molar-refractivity contribution in [1.82, 2.24) is 10.2 Å². The van der Waals surface area contributed by atoms with Crippen LogP contribution in [0.15, 0.2) is 16.8 Å². The normalized spacial score (nSPS) is 9.81. The van der Waals surface area contributed by atoms with Crippen molar-refractivity contribution in [2.24, 2.45) is 0 Å². The van der Waals surface area contributed by atoms with Gasteiger partial charge in [0.25, 0.3) is 0 Å². The molecule has 88 valence electrons. The van der Waals surface area contributed by atoms with Crippen molar-refractivity contribution in [2.45, 2.75) is 13.0 Å². The highest BCUT2D eigenvalue weighted by Crippen LogP contribution is 2.05. The summed E-state index contributed by atoms with van der Waals surface area (Å²) < 4.78 is 0. The Kier molecular flexibility index (Phi) is 4.78. The molecule has 1 heterocycles. The lowest BCUT2D eigenvalue weighted by Gasteiger charge is -2.16. The summed E-state index contributed by atoms with van der Waals surface area (Å²) >= 11 is 1.57. The molecule has 0 bridgehead atoms. The number of thiophene rings is 1. The lowest BCUT2D eigenvalue weighted by molar-refractivity contribution is -0.137. The molecule has 0 aliphatic heterocycles. The van der Waals surface area contributed by atoms with Gasteiger partial charge in [0.15, 0.2) is 0 Å². The van der Waals surface area contributed by atoms with Gasteiger partial charge in [-0.3, -0.25) is 4.79 Å². The molecule has 0 unspecified atom stereocenters. The number of carbonyl (C=O) groups excluding carboxylic acids is 1. The van der Waals surface area contributed by atoms with Crippen molar-refractivity contribution in [3.05, 3.63) is 22.4 Å². The van der Waals surface area contributed by atoms with E-state index in [9.17, 15) is 9.59 Å². The van der Waals surface area contributed by atoms with Gasteiger partial charge in [-0.2, -0.15) is 11.3 Å². The largest absolute Gasteiger partial charge is 0.481 e. The maximum Gasteiger partial charge on any atom is 0.317 e. The molecule has 0 aliphatic rings. The first-order chi connectivity index (χ1) is 7.59. The topological polar surface area (TPSA) is 69.6 Å². The number of carboxylic acids is 1. The summed E-state index contributed by atoms with van der Waals surface area (Å²) in [6.07, 6.45) is -0.0393. The van der Waals surface area contributed by atoms with Crippen molar-refractivity contribution < 1.29 is 14.7 Å². The Balaban J connectivity index is 2.26. The fraction of sp³-hybridized carbons (Fsp3) is 0.400. The zero-order valence-corrected chi connectivity index (χ0v) is 9.79. The van der Waals surface area contributed by atoms with E-state index in [1.165, 1.54) is 4.90 Å². The van der Waals surface area contributed by atoms with Gasteiger partial charge in [0, 0.05) is 20.1 Å². The van der Waals surface area contributed by atoms with Gasteiger partial charge in [-0.15, -0.1) is 0 Å². The molecule has 0 spiro atoms. The number of rotatable bonds is 5. The summed E-state index contributed by atoms with van der Waals surface area (Å²) in [7, 11) is 1.58. The molecule has 0 fully saturated rings. The molecule has 1 rings (SSSR count). The molecule has 0 saturated carbocycles. The number of amides is 2. The molecule has 2 N–H and O–H groups in total. The highest BCUT2D eigenvalue weighted by Gasteiger charge is 2.09. The van der Waals surface area contributed by atoms with E-state index in [4.69, 9.17) is 5.11 Å². The molecule has 2 amide bonds. The second-order valence-corrected chi connectivity index (χ2v) is 4.14. The maximum atomic E-state index is 11.5. The van der Waals surface area contributed by atoms with E-state index in [-0.39, 0.29) is 19.0 Å². The molecule has 6 heteroatoms. The summed E-state index contributed by atoms with van der Waals surface area (Å²) in [6, 6.07) is 1.68. The third-order valence-corrected chi connectivity index (χ3v) is 2.76. The van der Waals surface area contributed by atoms with Crippen molar-refractivity contribution in [2.75, 3.05) is 13.6 Å². The van der Waals surface area contributed by atoms with Crippen LogP contribution in [0.5, 0.6) is 0 Å². The second-order valence-electron chi connectivity index (χ2n) is 3.36. The molecule has 1 aromatic heterocycles. The Hall–Kier alpha value is -1.56. The van der Waals surface area contributed by atoms with Crippen molar-refractivity contribution in [3.8, 4) is 0 Å². The van der Waals surface area contributed by atoms with E-state index in [1.54, 1.807) is 18.4 Å². The molecule has 0 aliphatic carbocycles. The lowest BCUT2D eigenvalue weighted by Crippen LogP contribution is -2.37. The van der Waals surface area contributed by atoms with Gasteiger partial charge >= 0.3 is 12.0 Å². The van der Waals surface area contributed by atoms with E-state index in [0.717, 1.165) is 5.56 Å². The molecule has 0 aromatic carbocycles. The number of nitrogens with one attached hydrogen (secondary N) is 1. The van der Waals surface area contributed by atoms with Gasteiger partial charge in [-0.25, -0.2) is 4.79 Å². The lowest BCUT2D eigenvalue weighted by atomic mass is 10.3.